The average molecular weight is 628 g/mol. The first-order valence-electron chi connectivity index (χ1n) is 14.4. The molecular weight excluding hydrogens is 588 g/mol. The molecule has 0 bridgehead atoms. The van der Waals surface area contributed by atoms with E-state index in [4.69, 9.17) is 9.78 Å². The maximum Gasteiger partial charge on any atom is 0.430 e. The van der Waals surface area contributed by atoms with Crippen molar-refractivity contribution in [1.29, 1.82) is 0 Å². The van der Waals surface area contributed by atoms with Gasteiger partial charge in [0.1, 0.15) is 6.79 Å². The van der Waals surface area contributed by atoms with Crippen molar-refractivity contribution in [2.75, 3.05) is 27.1 Å². The van der Waals surface area contributed by atoms with Gasteiger partial charge in [0.2, 0.25) is 0 Å². The highest BCUT2D eigenvalue weighted by Crippen LogP contribution is 2.54. The van der Waals surface area contributed by atoms with E-state index in [-0.39, 0.29) is 5.56 Å². The number of benzene rings is 2. The number of aromatic nitrogens is 1. The van der Waals surface area contributed by atoms with Crippen LogP contribution in [0.1, 0.15) is 67.0 Å². The van der Waals surface area contributed by atoms with Crippen LogP contribution in [0.25, 0.3) is 11.3 Å². The average Bonchev–Trinajstić information content (AvgIpc) is 2.96. The molecule has 1 heterocycles. The molecule has 0 aliphatic rings. The number of halogens is 6. The fourth-order valence-corrected chi connectivity index (χ4v) is 5.73. The van der Waals surface area contributed by atoms with Crippen molar-refractivity contribution in [3.8, 4) is 11.3 Å². The standard InChI is InChI=1S/C33H39F6NO4/c1-7-30(8-2,25-11-13-27(22(4)18-25)29-15-10-24(20-40-29)16-17-44-43-9-3)26-12-14-28(23(5)19-26)31(32(34,35)36,33(37,38)39)42-21-41-6/h10-15,18-20H,7-9,16-17,21H2,1-6H3. The molecule has 0 saturated heterocycles. The number of rotatable bonds is 14. The number of hydrogen-bond donors (Lipinski definition) is 0. The van der Waals surface area contributed by atoms with Gasteiger partial charge in [0, 0.05) is 36.3 Å². The zero-order chi connectivity index (χ0) is 32.8. The molecule has 0 radical (unpaired) electrons. The van der Waals surface area contributed by atoms with Gasteiger partial charge in [-0.25, -0.2) is 9.78 Å². The first-order valence-corrected chi connectivity index (χ1v) is 14.4. The Hall–Kier alpha value is -2.99. The summed E-state index contributed by atoms with van der Waals surface area (Å²) in [6.45, 7) is 8.60. The molecule has 2 aromatic carbocycles. The summed E-state index contributed by atoms with van der Waals surface area (Å²) in [4.78, 5) is 14.6. The lowest BCUT2D eigenvalue weighted by Gasteiger charge is -2.39. The summed E-state index contributed by atoms with van der Waals surface area (Å²) < 4.78 is 94.1. The normalized spacial score (nSPS) is 13.0. The van der Waals surface area contributed by atoms with E-state index in [1.807, 2.05) is 58.0 Å². The lowest BCUT2D eigenvalue weighted by molar-refractivity contribution is -0.400. The van der Waals surface area contributed by atoms with E-state index in [0.29, 0.717) is 38.0 Å². The highest BCUT2D eigenvalue weighted by Gasteiger charge is 2.74. The Kier molecular flexibility index (Phi) is 11.6. The molecule has 0 aliphatic carbocycles. The van der Waals surface area contributed by atoms with Gasteiger partial charge >= 0.3 is 12.4 Å². The topological polar surface area (TPSA) is 49.8 Å². The molecule has 0 amide bonds. The molecule has 0 aliphatic heterocycles. The predicted molar refractivity (Wildman–Crippen MR) is 155 cm³/mol. The van der Waals surface area contributed by atoms with Crippen LogP contribution in [0, 0.1) is 13.8 Å². The van der Waals surface area contributed by atoms with Gasteiger partial charge in [-0.1, -0.05) is 56.3 Å². The maximum absolute atomic E-state index is 14.2. The van der Waals surface area contributed by atoms with Crippen LogP contribution in [0.3, 0.4) is 0 Å². The number of hydrogen-bond acceptors (Lipinski definition) is 5. The SMILES string of the molecule is CCOOCCc1ccc(-c2ccc(C(CC)(CC)c3ccc(C(OCOC)(C(F)(F)F)C(F)(F)F)c(C)c3)cc2C)nc1. The van der Waals surface area contributed by atoms with Crippen molar-refractivity contribution in [3.63, 3.8) is 0 Å². The van der Waals surface area contributed by atoms with Crippen LogP contribution in [0.2, 0.25) is 0 Å². The van der Waals surface area contributed by atoms with Crippen molar-refractivity contribution in [2.24, 2.45) is 0 Å². The molecule has 0 fully saturated rings. The van der Waals surface area contributed by atoms with E-state index in [1.54, 1.807) is 6.20 Å². The Morgan fingerprint density at radius 2 is 1.36 bits per heavy atom. The molecule has 0 N–H and O–H groups in total. The van der Waals surface area contributed by atoms with E-state index < -0.39 is 35.7 Å². The fraction of sp³-hybridized carbons (Fsp3) is 0.485. The van der Waals surface area contributed by atoms with Crippen LogP contribution in [-0.4, -0.2) is 44.5 Å². The molecule has 0 unspecified atom stereocenters. The van der Waals surface area contributed by atoms with Gasteiger partial charge in [-0.3, -0.25) is 4.98 Å². The van der Waals surface area contributed by atoms with Crippen LogP contribution in [-0.2, 0) is 36.7 Å². The van der Waals surface area contributed by atoms with Gasteiger partial charge in [0.25, 0.3) is 5.60 Å². The molecule has 5 nitrogen and oxygen atoms in total. The van der Waals surface area contributed by atoms with E-state index in [9.17, 15) is 26.3 Å². The van der Waals surface area contributed by atoms with Gasteiger partial charge < -0.3 is 9.47 Å². The van der Waals surface area contributed by atoms with Crippen molar-refractivity contribution in [1.82, 2.24) is 4.98 Å². The second-order valence-corrected chi connectivity index (χ2v) is 10.6. The Labute approximate surface area is 254 Å². The Morgan fingerprint density at radius 1 is 0.750 bits per heavy atom. The van der Waals surface area contributed by atoms with E-state index >= 15 is 0 Å². The summed E-state index contributed by atoms with van der Waals surface area (Å²) in [6.07, 6.45) is -8.05. The quantitative estimate of drug-likeness (QED) is 0.0588. The number of aryl methyl sites for hydroxylation is 2. The Balaban J connectivity index is 2.03. The predicted octanol–water partition coefficient (Wildman–Crippen LogP) is 8.92. The third-order valence-corrected chi connectivity index (χ3v) is 8.11. The molecule has 3 rings (SSSR count). The van der Waals surface area contributed by atoms with Crippen molar-refractivity contribution >= 4 is 0 Å². The molecule has 0 saturated carbocycles. The summed E-state index contributed by atoms with van der Waals surface area (Å²) in [5.41, 5.74) is -1.31. The van der Waals surface area contributed by atoms with E-state index in [0.717, 1.165) is 41.1 Å². The van der Waals surface area contributed by atoms with Crippen molar-refractivity contribution < 1.29 is 45.6 Å². The maximum atomic E-state index is 14.2. The van der Waals surface area contributed by atoms with Crippen molar-refractivity contribution in [2.45, 2.75) is 77.2 Å². The lowest BCUT2D eigenvalue weighted by atomic mass is 9.69. The summed E-state index contributed by atoms with van der Waals surface area (Å²) in [6, 6.07) is 13.4. The minimum absolute atomic E-state index is 0.191. The van der Waals surface area contributed by atoms with Gasteiger partial charge in [-0.05, 0) is 67.5 Å². The molecule has 3 aromatic rings. The zero-order valence-electron chi connectivity index (χ0n) is 25.8. The second kappa shape index (κ2) is 14.4. The minimum atomic E-state index is -5.79. The summed E-state index contributed by atoms with van der Waals surface area (Å²) in [7, 11) is 0.962. The van der Waals surface area contributed by atoms with Crippen LogP contribution >= 0.6 is 0 Å². The first-order chi connectivity index (χ1) is 20.7. The van der Waals surface area contributed by atoms with E-state index in [2.05, 4.69) is 14.5 Å². The van der Waals surface area contributed by atoms with Crippen LogP contribution in [0.15, 0.2) is 54.7 Å². The van der Waals surface area contributed by atoms with Gasteiger partial charge in [-0.2, -0.15) is 26.3 Å². The van der Waals surface area contributed by atoms with Gasteiger partial charge in [0.15, 0.2) is 0 Å². The third kappa shape index (κ3) is 6.96. The Bertz CT molecular complexity index is 1350. The largest absolute Gasteiger partial charge is 0.430 e. The molecule has 44 heavy (non-hydrogen) atoms. The highest BCUT2D eigenvalue weighted by atomic mass is 19.4. The minimum Gasteiger partial charge on any atom is -0.359 e. The van der Waals surface area contributed by atoms with Gasteiger partial charge in [-0.15, -0.1) is 0 Å². The number of ether oxygens (including phenoxy) is 2. The molecule has 0 atom stereocenters. The number of pyridine rings is 1. The van der Waals surface area contributed by atoms with Crippen LogP contribution < -0.4 is 0 Å². The fourth-order valence-electron chi connectivity index (χ4n) is 5.73. The number of alkyl halides is 6. The van der Waals surface area contributed by atoms with Gasteiger partial charge in [0.05, 0.1) is 18.9 Å². The molecule has 1 aromatic heterocycles. The van der Waals surface area contributed by atoms with Crippen LogP contribution in [0.4, 0.5) is 26.3 Å². The highest BCUT2D eigenvalue weighted by molar-refractivity contribution is 5.65. The first kappa shape index (κ1) is 35.5. The summed E-state index contributed by atoms with van der Waals surface area (Å²) in [5.74, 6) is 0. The molecule has 0 spiro atoms. The smallest absolute Gasteiger partial charge is 0.359 e. The number of methoxy groups -OCH3 is 1. The third-order valence-electron chi connectivity index (χ3n) is 8.11. The zero-order valence-corrected chi connectivity index (χ0v) is 25.8. The lowest BCUT2D eigenvalue weighted by Crippen LogP contribution is -2.56. The Morgan fingerprint density at radius 3 is 1.84 bits per heavy atom. The molecular formula is C33H39F6NO4. The molecule has 11 heteroatoms. The van der Waals surface area contributed by atoms with Crippen LogP contribution in [0.5, 0.6) is 0 Å². The van der Waals surface area contributed by atoms with E-state index in [1.165, 1.54) is 19.1 Å². The monoisotopic (exact) mass is 627 g/mol. The number of nitrogens with zero attached hydrogens (tertiary/aromatic N) is 1. The second-order valence-electron chi connectivity index (χ2n) is 10.6. The summed E-state index contributed by atoms with van der Waals surface area (Å²) >= 11 is 0. The summed E-state index contributed by atoms with van der Waals surface area (Å²) in [5, 5.41) is 0. The van der Waals surface area contributed by atoms with Crippen molar-refractivity contribution in [3.05, 3.63) is 88.1 Å². The molecule has 242 valence electrons.